The Kier molecular flexibility index (Phi) is 5.56. The van der Waals surface area contributed by atoms with Gasteiger partial charge in [0.2, 0.25) is 0 Å². The van der Waals surface area contributed by atoms with Gasteiger partial charge in [0.25, 0.3) is 0 Å². The van der Waals surface area contributed by atoms with Crippen LogP contribution < -0.4 is 5.32 Å². The third-order valence-electron chi connectivity index (χ3n) is 2.97. The molecule has 0 bridgehead atoms. The standard InChI is InChI=1S/C11H19N3O5/c1-13-3-2-8(5-13)4-12-11(19)14(6-9(15)16)7-10(17)18/h8H,2-7H2,1H3,(H,12,19)(H,15,16)(H,17,18). The molecule has 0 aromatic carbocycles. The Labute approximate surface area is 111 Å². The van der Waals surface area contributed by atoms with Crippen molar-refractivity contribution in [2.75, 3.05) is 39.8 Å². The lowest BCUT2D eigenvalue weighted by atomic mass is 10.1. The highest BCUT2D eigenvalue weighted by molar-refractivity contribution is 5.84. The Hall–Kier alpha value is -1.83. The number of carboxylic acids is 2. The number of hydrogen-bond acceptors (Lipinski definition) is 4. The van der Waals surface area contributed by atoms with Crippen LogP contribution >= 0.6 is 0 Å². The molecule has 2 amide bonds. The van der Waals surface area contributed by atoms with Crippen molar-refractivity contribution in [3.8, 4) is 0 Å². The number of carbonyl (C=O) groups is 3. The quantitative estimate of drug-likeness (QED) is 0.579. The van der Waals surface area contributed by atoms with E-state index >= 15 is 0 Å². The van der Waals surface area contributed by atoms with E-state index in [1.165, 1.54) is 0 Å². The first-order chi connectivity index (χ1) is 8.88. The summed E-state index contributed by atoms with van der Waals surface area (Å²) in [7, 11) is 1.99. The molecule has 0 aliphatic carbocycles. The molecule has 1 unspecified atom stereocenters. The van der Waals surface area contributed by atoms with Gasteiger partial charge < -0.3 is 25.3 Å². The molecular weight excluding hydrogens is 254 g/mol. The highest BCUT2D eigenvalue weighted by atomic mass is 16.4. The lowest BCUT2D eigenvalue weighted by Gasteiger charge is -2.20. The van der Waals surface area contributed by atoms with Crippen molar-refractivity contribution >= 4 is 18.0 Å². The van der Waals surface area contributed by atoms with Crippen LogP contribution in [-0.2, 0) is 9.59 Å². The van der Waals surface area contributed by atoms with Crippen LogP contribution in [0.3, 0.4) is 0 Å². The van der Waals surface area contributed by atoms with Gasteiger partial charge in [-0.1, -0.05) is 0 Å². The molecule has 19 heavy (non-hydrogen) atoms. The zero-order chi connectivity index (χ0) is 14.4. The number of nitrogens with one attached hydrogen (secondary N) is 1. The first-order valence-electron chi connectivity index (χ1n) is 6.03. The number of urea groups is 1. The van der Waals surface area contributed by atoms with Crippen molar-refractivity contribution in [3.63, 3.8) is 0 Å². The van der Waals surface area contributed by atoms with Gasteiger partial charge in [-0.05, 0) is 25.9 Å². The molecule has 0 saturated carbocycles. The molecule has 0 spiro atoms. The third kappa shape index (κ3) is 5.56. The maximum atomic E-state index is 11.7. The minimum atomic E-state index is -1.24. The largest absolute Gasteiger partial charge is 0.480 e. The average Bonchev–Trinajstić information content (AvgIpc) is 2.70. The number of likely N-dealkylation sites (tertiary alicyclic amines) is 1. The number of aliphatic carboxylic acids is 2. The van der Waals surface area contributed by atoms with Crippen molar-refractivity contribution in [1.82, 2.24) is 15.1 Å². The van der Waals surface area contributed by atoms with Crippen LogP contribution in [0.15, 0.2) is 0 Å². The van der Waals surface area contributed by atoms with E-state index in [2.05, 4.69) is 10.2 Å². The summed E-state index contributed by atoms with van der Waals surface area (Å²) in [6.45, 7) is 1.02. The van der Waals surface area contributed by atoms with E-state index in [0.717, 1.165) is 24.4 Å². The Morgan fingerprint density at radius 3 is 2.26 bits per heavy atom. The van der Waals surface area contributed by atoms with Gasteiger partial charge in [-0.2, -0.15) is 0 Å². The van der Waals surface area contributed by atoms with Crippen LogP contribution in [-0.4, -0.2) is 77.8 Å². The number of carbonyl (C=O) groups excluding carboxylic acids is 1. The zero-order valence-corrected chi connectivity index (χ0v) is 10.8. The summed E-state index contributed by atoms with van der Waals surface area (Å²) in [5, 5.41) is 19.9. The lowest BCUT2D eigenvalue weighted by Crippen LogP contribution is -2.46. The van der Waals surface area contributed by atoms with E-state index in [-0.39, 0.29) is 0 Å². The maximum Gasteiger partial charge on any atom is 0.323 e. The van der Waals surface area contributed by atoms with Gasteiger partial charge in [0.15, 0.2) is 0 Å². The Morgan fingerprint density at radius 1 is 1.26 bits per heavy atom. The van der Waals surface area contributed by atoms with Crippen LogP contribution in [0, 0.1) is 5.92 Å². The van der Waals surface area contributed by atoms with Crippen LogP contribution in [0.25, 0.3) is 0 Å². The molecule has 0 radical (unpaired) electrons. The van der Waals surface area contributed by atoms with Crippen molar-refractivity contribution in [2.24, 2.45) is 5.92 Å². The smallest absolute Gasteiger partial charge is 0.323 e. The number of hydrogen-bond donors (Lipinski definition) is 3. The minimum absolute atomic E-state index is 0.324. The summed E-state index contributed by atoms with van der Waals surface area (Å²) >= 11 is 0. The van der Waals surface area contributed by atoms with E-state index in [1.54, 1.807) is 0 Å². The van der Waals surface area contributed by atoms with Gasteiger partial charge in [0, 0.05) is 13.1 Å². The van der Waals surface area contributed by atoms with Gasteiger partial charge in [-0.25, -0.2) is 4.79 Å². The minimum Gasteiger partial charge on any atom is -0.480 e. The number of rotatable bonds is 6. The van der Waals surface area contributed by atoms with Crippen LogP contribution in [0.5, 0.6) is 0 Å². The fraction of sp³-hybridized carbons (Fsp3) is 0.727. The molecule has 8 heteroatoms. The highest BCUT2D eigenvalue weighted by Gasteiger charge is 2.23. The summed E-state index contributed by atoms with van der Waals surface area (Å²) in [4.78, 5) is 35.8. The maximum absolute atomic E-state index is 11.7. The van der Waals surface area contributed by atoms with Crippen LogP contribution in [0.2, 0.25) is 0 Å². The van der Waals surface area contributed by atoms with Gasteiger partial charge in [-0.15, -0.1) is 0 Å². The van der Waals surface area contributed by atoms with E-state index in [9.17, 15) is 14.4 Å². The number of amides is 2. The summed E-state index contributed by atoms with van der Waals surface area (Å²) in [6, 6.07) is -0.653. The molecule has 1 aliphatic heterocycles. The summed E-state index contributed by atoms with van der Waals surface area (Å²) < 4.78 is 0. The van der Waals surface area contributed by atoms with Gasteiger partial charge in [-0.3, -0.25) is 9.59 Å². The predicted octanol–water partition coefficient (Wildman–Crippen LogP) is -0.881. The molecule has 1 fully saturated rings. The fourth-order valence-electron chi connectivity index (χ4n) is 2.06. The van der Waals surface area contributed by atoms with Crippen molar-refractivity contribution in [3.05, 3.63) is 0 Å². The predicted molar refractivity (Wildman–Crippen MR) is 65.8 cm³/mol. The molecule has 1 rings (SSSR count). The van der Waals surface area contributed by atoms with E-state index < -0.39 is 31.1 Å². The SMILES string of the molecule is CN1CCC(CNC(=O)N(CC(=O)O)CC(=O)O)C1. The molecule has 1 atom stereocenters. The molecule has 0 aromatic heterocycles. The molecule has 1 heterocycles. The van der Waals surface area contributed by atoms with Crippen molar-refractivity contribution < 1.29 is 24.6 Å². The first-order valence-corrected chi connectivity index (χ1v) is 6.03. The topological polar surface area (TPSA) is 110 Å². The molecule has 8 nitrogen and oxygen atoms in total. The highest BCUT2D eigenvalue weighted by Crippen LogP contribution is 2.12. The van der Waals surface area contributed by atoms with Gasteiger partial charge >= 0.3 is 18.0 Å². The Morgan fingerprint density at radius 2 is 1.84 bits per heavy atom. The molecule has 108 valence electrons. The molecule has 1 saturated heterocycles. The van der Waals surface area contributed by atoms with Gasteiger partial charge in [0.05, 0.1) is 0 Å². The van der Waals surface area contributed by atoms with E-state index in [4.69, 9.17) is 10.2 Å². The third-order valence-corrected chi connectivity index (χ3v) is 2.97. The molecule has 3 N–H and O–H groups in total. The summed E-state index contributed by atoms with van der Waals surface area (Å²) in [6.07, 6.45) is 0.967. The summed E-state index contributed by atoms with van der Waals surface area (Å²) in [5.41, 5.74) is 0. The van der Waals surface area contributed by atoms with E-state index in [0.29, 0.717) is 12.5 Å². The molecular formula is C11H19N3O5. The Balaban J connectivity index is 2.42. The summed E-state index contributed by atoms with van der Waals surface area (Å²) in [5.74, 6) is -2.15. The average molecular weight is 273 g/mol. The first kappa shape index (κ1) is 15.2. The van der Waals surface area contributed by atoms with Crippen molar-refractivity contribution in [1.29, 1.82) is 0 Å². The Bertz CT molecular complexity index is 344. The molecule has 0 aromatic rings. The second-order valence-corrected chi connectivity index (χ2v) is 4.75. The number of nitrogens with zero attached hydrogens (tertiary/aromatic N) is 2. The normalized spacial score (nSPS) is 19.1. The number of carboxylic acid groups (broad SMARTS) is 2. The second kappa shape index (κ2) is 6.93. The van der Waals surface area contributed by atoms with Crippen LogP contribution in [0.4, 0.5) is 4.79 Å². The lowest BCUT2D eigenvalue weighted by molar-refractivity contribution is -0.140. The van der Waals surface area contributed by atoms with E-state index in [1.807, 2.05) is 7.05 Å². The zero-order valence-electron chi connectivity index (χ0n) is 10.8. The van der Waals surface area contributed by atoms with Crippen molar-refractivity contribution in [2.45, 2.75) is 6.42 Å². The van der Waals surface area contributed by atoms with Gasteiger partial charge in [0.1, 0.15) is 13.1 Å². The monoisotopic (exact) mass is 273 g/mol. The molecule has 1 aliphatic rings. The van der Waals surface area contributed by atoms with Crippen LogP contribution in [0.1, 0.15) is 6.42 Å². The fourth-order valence-corrected chi connectivity index (χ4v) is 2.06. The second-order valence-electron chi connectivity index (χ2n) is 4.75.